The molecule has 0 spiro atoms. The summed E-state index contributed by atoms with van der Waals surface area (Å²) >= 11 is 13.0. The second-order valence-corrected chi connectivity index (χ2v) is 13.4. The molecule has 268 valence electrons. The lowest BCUT2D eigenvalue weighted by atomic mass is 9.83. The lowest BCUT2D eigenvalue weighted by molar-refractivity contribution is -0.904. The highest BCUT2D eigenvalue weighted by molar-refractivity contribution is 6.35. The van der Waals surface area contributed by atoms with Crippen molar-refractivity contribution < 1.29 is 47.6 Å². The molecule has 0 radical (unpaired) electrons. The monoisotopic (exact) mass is 741 g/mol. The van der Waals surface area contributed by atoms with Crippen LogP contribution >= 0.6 is 23.2 Å². The second kappa shape index (κ2) is 15.3. The van der Waals surface area contributed by atoms with Crippen LogP contribution in [0.1, 0.15) is 51.4 Å². The van der Waals surface area contributed by atoms with E-state index >= 15 is 8.78 Å². The first-order valence-corrected chi connectivity index (χ1v) is 17.0. The molecule has 3 saturated heterocycles. The Morgan fingerprint density at radius 2 is 1.71 bits per heavy atom. The van der Waals surface area contributed by atoms with Crippen molar-refractivity contribution >= 4 is 41.0 Å². The number of carbonyl (C=O) groups excluding carboxylic acids is 2. The van der Waals surface area contributed by atoms with E-state index in [0.29, 0.717) is 33.9 Å². The molecule has 1 amide bonds. The Labute approximate surface area is 303 Å². The number of amides is 1. The van der Waals surface area contributed by atoms with Crippen LogP contribution in [0.3, 0.4) is 0 Å². The Morgan fingerprint density at radius 1 is 1.02 bits per heavy atom. The van der Waals surface area contributed by atoms with E-state index in [1.165, 1.54) is 50.9 Å². The zero-order chi connectivity index (χ0) is 36.4. The van der Waals surface area contributed by atoms with E-state index in [9.17, 15) is 19.9 Å². The van der Waals surface area contributed by atoms with Gasteiger partial charge in [-0.25, -0.2) is 13.6 Å². The van der Waals surface area contributed by atoms with Crippen molar-refractivity contribution in [2.45, 2.75) is 37.8 Å². The van der Waals surface area contributed by atoms with Gasteiger partial charge in [-0.1, -0.05) is 47.5 Å². The van der Waals surface area contributed by atoms with Gasteiger partial charge in [-0.2, -0.15) is 0 Å². The number of carbonyl (C=O) groups is 2. The number of pyridine rings is 1. The van der Waals surface area contributed by atoms with Gasteiger partial charge in [-0.3, -0.25) is 15.0 Å². The summed E-state index contributed by atoms with van der Waals surface area (Å²) in [6.07, 6.45) is 2.88. The van der Waals surface area contributed by atoms with Crippen molar-refractivity contribution in [1.82, 2.24) is 4.90 Å². The van der Waals surface area contributed by atoms with Gasteiger partial charge in [0.05, 0.1) is 32.4 Å². The zero-order valence-corrected chi connectivity index (χ0v) is 29.3. The summed E-state index contributed by atoms with van der Waals surface area (Å²) in [6.45, 7) is 2.02. The molecule has 1 N–H and O–H groups in total. The van der Waals surface area contributed by atoms with E-state index in [1.54, 1.807) is 24.3 Å². The van der Waals surface area contributed by atoms with E-state index < -0.39 is 41.3 Å². The van der Waals surface area contributed by atoms with Crippen LogP contribution in [-0.2, 0) is 17.7 Å². The molecule has 14 heteroatoms. The fraction of sp³-hybridized carbons (Fsp3) is 0.324. The number of ether oxygens (including phenoxy) is 3. The summed E-state index contributed by atoms with van der Waals surface area (Å²) in [5, 5.41) is 22.5. The molecule has 3 fully saturated rings. The molecule has 3 aromatic carbocycles. The van der Waals surface area contributed by atoms with Gasteiger partial charge in [0.15, 0.2) is 11.5 Å². The number of benzene rings is 3. The molecule has 2 atom stereocenters. The Hall–Kier alpha value is -4.65. The number of carboxylic acids is 1. The molecule has 1 aromatic heterocycles. The molecule has 3 aliphatic rings. The Morgan fingerprint density at radius 3 is 2.31 bits per heavy atom. The molecular weight excluding hydrogens is 707 g/mol. The molecular formula is C37H35Cl2F2N3O7. The predicted octanol–water partition coefficient (Wildman–Crippen LogP) is 5.79. The normalized spacial score (nSPS) is 18.6. The average Bonchev–Trinajstić information content (AvgIpc) is 3.11. The summed E-state index contributed by atoms with van der Waals surface area (Å²) in [7, 11) is 2.89. The number of rotatable bonds is 11. The number of halogens is 4. The zero-order valence-electron chi connectivity index (χ0n) is 27.8. The van der Waals surface area contributed by atoms with Gasteiger partial charge in [-0.15, -0.1) is 0 Å². The molecule has 2 bridgehead atoms. The highest BCUT2D eigenvalue weighted by Crippen LogP contribution is 2.40. The van der Waals surface area contributed by atoms with Gasteiger partial charge in [0.2, 0.25) is 12.4 Å². The van der Waals surface area contributed by atoms with E-state index in [-0.39, 0.29) is 45.7 Å². The quantitative estimate of drug-likeness (QED) is 0.152. The molecule has 0 aliphatic carbocycles. The second-order valence-electron chi connectivity index (χ2n) is 12.6. The van der Waals surface area contributed by atoms with Crippen molar-refractivity contribution in [3.05, 3.63) is 116 Å². The molecule has 7 rings (SSSR count). The maximum Gasteiger partial charge on any atom is 0.415 e. The number of nitrogens with zero attached hydrogens (tertiary/aromatic N) is 3. The van der Waals surface area contributed by atoms with Crippen LogP contribution in [-0.4, -0.2) is 62.1 Å². The Kier molecular flexibility index (Phi) is 10.8. The van der Waals surface area contributed by atoms with Crippen molar-refractivity contribution in [3.63, 3.8) is 0 Å². The highest BCUT2D eigenvalue weighted by Gasteiger charge is 2.38. The van der Waals surface area contributed by atoms with Crippen LogP contribution in [0.4, 0.5) is 19.3 Å². The minimum absolute atomic E-state index is 0.0633. The maximum atomic E-state index is 16.5. The maximum absolute atomic E-state index is 16.5. The van der Waals surface area contributed by atoms with Gasteiger partial charge in [0, 0.05) is 28.3 Å². The summed E-state index contributed by atoms with van der Waals surface area (Å²) in [4.78, 5) is 29.6. The molecule has 0 unspecified atom stereocenters. The van der Waals surface area contributed by atoms with Crippen molar-refractivity contribution in [2.75, 3.05) is 38.8 Å². The lowest BCUT2D eigenvalue weighted by Crippen LogP contribution is -2.53. The third kappa shape index (κ3) is 7.68. The van der Waals surface area contributed by atoms with Crippen molar-refractivity contribution in [2.24, 2.45) is 5.92 Å². The summed E-state index contributed by atoms with van der Waals surface area (Å²) in [5.41, 5.74) is -0.0209. The number of carboxylic acid groups (broad SMARTS) is 1. The SMILES string of the molecule is COc1ccc([C@H](Cc2c(Cl)c[n+](O)cc2Cl)c2cc(CN(C(=O)O[C@H]3CN4CCC3CC4)c3ccccc3F)cc(C(=O)[O-])c2F)cc1OC. The first-order chi connectivity index (χ1) is 24.5. The van der Waals surface area contributed by atoms with E-state index in [1.807, 2.05) is 0 Å². The molecule has 0 saturated carbocycles. The third-order valence-corrected chi connectivity index (χ3v) is 10.2. The molecule has 51 heavy (non-hydrogen) atoms. The van der Waals surface area contributed by atoms with Crippen LogP contribution in [0.15, 0.2) is 67.0 Å². The van der Waals surface area contributed by atoms with Crippen LogP contribution in [0, 0.1) is 17.6 Å². The number of methoxy groups -OCH3 is 2. The van der Waals surface area contributed by atoms with Gasteiger partial charge in [0.25, 0.3) is 0 Å². The third-order valence-electron chi connectivity index (χ3n) is 9.59. The number of hydrogen-bond acceptors (Lipinski definition) is 8. The molecule has 10 nitrogen and oxygen atoms in total. The molecule has 4 heterocycles. The predicted molar refractivity (Wildman–Crippen MR) is 182 cm³/mol. The van der Waals surface area contributed by atoms with Crippen LogP contribution in [0.25, 0.3) is 0 Å². The van der Waals surface area contributed by atoms with Gasteiger partial charge in [0.1, 0.15) is 27.8 Å². The number of hydrogen-bond donors (Lipinski definition) is 1. The number of para-hydroxylation sites is 1. The van der Waals surface area contributed by atoms with Crippen LogP contribution in [0.5, 0.6) is 11.5 Å². The number of aromatic carboxylic acids is 1. The highest BCUT2D eigenvalue weighted by atomic mass is 35.5. The Balaban J connectivity index is 1.46. The summed E-state index contributed by atoms with van der Waals surface area (Å²) < 4.78 is 49.3. The van der Waals surface area contributed by atoms with Crippen LogP contribution < -0.4 is 24.2 Å². The minimum atomic E-state index is -1.80. The smallest absolute Gasteiger partial charge is 0.415 e. The standard InChI is InChI=1S/C37H35Cl2F2N3O7/c1-49-32-8-7-23(15-33(32)50-2)24(16-26-28(38)18-43(48)19-29(26)39)25-13-21(14-27(35(25)41)36(45)46)17-44(31-6-4-3-5-30(31)40)37(47)51-34-20-42-11-9-22(34)10-12-42/h3-8,13-15,18-19,22,24,34H,9-12,16-17,20H2,1-2H3,(H-,45,46,48)/t24-,34-/m0/s1. The number of fused-ring (bicyclic) bond motifs is 3. The molecule has 3 aliphatic heterocycles. The number of piperidine rings is 3. The fourth-order valence-electron chi connectivity index (χ4n) is 6.96. The Bertz CT molecular complexity index is 1930. The van der Waals surface area contributed by atoms with Gasteiger partial charge in [-0.05, 0) is 85.3 Å². The first kappa shape index (κ1) is 36.2. The average molecular weight is 743 g/mol. The summed E-state index contributed by atoms with van der Waals surface area (Å²) in [5.74, 6) is -3.68. The van der Waals surface area contributed by atoms with Gasteiger partial charge >= 0.3 is 6.09 Å². The van der Waals surface area contributed by atoms with Crippen molar-refractivity contribution in [3.8, 4) is 11.5 Å². The van der Waals surface area contributed by atoms with Crippen molar-refractivity contribution in [1.29, 1.82) is 0 Å². The largest absolute Gasteiger partial charge is 0.545 e. The van der Waals surface area contributed by atoms with Crippen LogP contribution in [0.2, 0.25) is 10.0 Å². The number of aromatic nitrogens is 1. The topological polar surface area (TPSA) is 115 Å². The summed E-state index contributed by atoms with van der Waals surface area (Å²) in [6, 6.07) is 13.0. The van der Waals surface area contributed by atoms with E-state index in [4.69, 9.17) is 37.4 Å². The molecule has 4 aromatic rings. The van der Waals surface area contributed by atoms with Gasteiger partial charge < -0.3 is 24.1 Å². The first-order valence-electron chi connectivity index (χ1n) is 16.3. The number of anilines is 1. The van der Waals surface area contributed by atoms with E-state index in [0.717, 1.165) is 36.9 Å². The fourth-order valence-corrected chi connectivity index (χ4v) is 7.56. The minimum Gasteiger partial charge on any atom is -0.545 e. The van der Waals surface area contributed by atoms with E-state index in [2.05, 4.69) is 4.90 Å². The lowest BCUT2D eigenvalue weighted by Gasteiger charge is -2.44.